The summed E-state index contributed by atoms with van der Waals surface area (Å²) in [5.74, 6) is 3.35. The molecule has 0 atom stereocenters. The van der Waals surface area contributed by atoms with Gasteiger partial charge in [0.2, 0.25) is 0 Å². The van der Waals surface area contributed by atoms with E-state index in [1.54, 1.807) is 5.43 Å². The number of carbonyl (C=O) groups is 2. The van der Waals surface area contributed by atoms with E-state index >= 15 is 0 Å². The number of aliphatic hydroxyl groups is 1. The molecule has 0 aliphatic heterocycles. The Bertz CT molecular complexity index is 196. The van der Waals surface area contributed by atoms with Crippen molar-refractivity contribution in [1.29, 1.82) is 0 Å². The number of nitrogens with two attached hydrogens (primary N) is 1. The lowest BCUT2D eigenvalue weighted by molar-refractivity contribution is -0.145. The molecule has 6 heteroatoms. The second kappa shape index (κ2) is 7.28. The highest BCUT2D eigenvalue weighted by molar-refractivity contribution is 6.34. The molecule has 0 rings (SSSR count). The standard InChI is InChI=1S/C8H17N3O3/c1-11(5-3-2-4-6-12)8(14)7(13)10-9/h12H,2-6,9H2,1H3,(H,10,13). The van der Waals surface area contributed by atoms with Gasteiger partial charge in [-0.25, -0.2) is 5.84 Å². The van der Waals surface area contributed by atoms with Gasteiger partial charge in [-0.2, -0.15) is 0 Å². The van der Waals surface area contributed by atoms with Crippen molar-refractivity contribution in [2.24, 2.45) is 5.84 Å². The third kappa shape index (κ3) is 4.78. The van der Waals surface area contributed by atoms with Crippen molar-refractivity contribution >= 4 is 11.8 Å². The molecule has 0 bridgehead atoms. The maximum absolute atomic E-state index is 11.1. The first-order chi connectivity index (χ1) is 6.63. The zero-order chi connectivity index (χ0) is 11.0. The molecule has 0 saturated carbocycles. The molecule has 0 heterocycles. The summed E-state index contributed by atoms with van der Waals surface area (Å²) in [7, 11) is 1.54. The lowest BCUT2D eigenvalue weighted by Gasteiger charge is -2.15. The maximum Gasteiger partial charge on any atom is 0.323 e. The van der Waals surface area contributed by atoms with Crippen LogP contribution >= 0.6 is 0 Å². The minimum Gasteiger partial charge on any atom is -0.396 e. The highest BCUT2D eigenvalue weighted by atomic mass is 16.3. The molecule has 0 radical (unpaired) electrons. The van der Waals surface area contributed by atoms with E-state index in [9.17, 15) is 9.59 Å². The molecule has 0 aliphatic rings. The third-order valence-electron chi connectivity index (χ3n) is 1.82. The first-order valence-electron chi connectivity index (χ1n) is 4.50. The van der Waals surface area contributed by atoms with Crippen LogP contribution in [0.3, 0.4) is 0 Å². The fraction of sp³-hybridized carbons (Fsp3) is 0.750. The Morgan fingerprint density at radius 2 is 2.00 bits per heavy atom. The summed E-state index contributed by atoms with van der Waals surface area (Å²) in [5.41, 5.74) is 1.78. The van der Waals surface area contributed by atoms with Gasteiger partial charge in [-0.15, -0.1) is 0 Å². The topological polar surface area (TPSA) is 95.7 Å². The zero-order valence-corrected chi connectivity index (χ0v) is 8.32. The predicted octanol–water partition coefficient (Wildman–Crippen LogP) is -1.40. The number of likely N-dealkylation sites (N-methyl/N-ethyl adjacent to an activating group) is 1. The Morgan fingerprint density at radius 3 is 2.50 bits per heavy atom. The minimum absolute atomic E-state index is 0.154. The number of rotatable bonds is 5. The Morgan fingerprint density at radius 1 is 1.36 bits per heavy atom. The van der Waals surface area contributed by atoms with E-state index in [1.165, 1.54) is 11.9 Å². The molecule has 82 valence electrons. The largest absolute Gasteiger partial charge is 0.396 e. The van der Waals surface area contributed by atoms with Crippen molar-refractivity contribution in [2.45, 2.75) is 19.3 Å². The summed E-state index contributed by atoms with van der Waals surface area (Å²) in [6.07, 6.45) is 2.31. The van der Waals surface area contributed by atoms with Crippen LogP contribution in [-0.4, -0.2) is 42.0 Å². The van der Waals surface area contributed by atoms with Crippen LogP contribution in [-0.2, 0) is 9.59 Å². The molecule has 6 nitrogen and oxygen atoms in total. The van der Waals surface area contributed by atoms with Gasteiger partial charge >= 0.3 is 11.8 Å². The Hall–Kier alpha value is -1.14. The molecule has 0 saturated heterocycles. The number of hydrogen-bond donors (Lipinski definition) is 3. The number of hydrazine groups is 1. The molecular weight excluding hydrogens is 186 g/mol. The fourth-order valence-electron chi connectivity index (χ4n) is 0.974. The number of nitrogens with one attached hydrogen (secondary N) is 1. The van der Waals surface area contributed by atoms with Crippen molar-refractivity contribution in [1.82, 2.24) is 10.3 Å². The van der Waals surface area contributed by atoms with Crippen molar-refractivity contribution in [2.75, 3.05) is 20.2 Å². The summed E-state index contributed by atoms with van der Waals surface area (Å²) in [4.78, 5) is 23.2. The van der Waals surface area contributed by atoms with Crippen LogP contribution in [0.15, 0.2) is 0 Å². The number of hydrogen-bond acceptors (Lipinski definition) is 4. The second-order valence-electron chi connectivity index (χ2n) is 2.98. The lowest BCUT2D eigenvalue weighted by atomic mass is 10.2. The summed E-state index contributed by atoms with van der Waals surface area (Å²) in [6.45, 7) is 0.646. The van der Waals surface area contributed by atoms with Gasteiger partial charge in [0, 0.05) is 20.2 Å². The van der Waals surface area contributed by atoms with E-state index in [0.717, 1.165) is 12.8 Å². The van der Waals surface area contributed by atoms with E-state index in [2.05, 4.69) is 0 Å². The quantitative estimate of drug-likeness (QED) is 0.168. The van der Waals surface area contributed by atoms with E-state index in [0.29, 0.717) is 13.0 Å². The van der Waals surface area contributed by atoms with E-state index in [-0.39, 0.29) is 6.61 Å². The third-order valence-corrected chi connectivity index (χ3v) is 1.82. The van der Waals surface area contributed by atoms with Crippen molar-refractivity contribution < 1.29 is 14.7 Å². The first kappa shape index (κ1) is 12.9. The van der Waals surface area contributed by atoms with Gasteiger partial charge in [-0.3, -0.25) is 15.0 Å². The highest BCUT2D eigenvalue weighted by Crippen LogP contribution is 1.96. The van der Waals surface area contributed by atoms with Crippen molar-refractivity contribution in [3.8, 4) is 0 Å². The maximum atomic E-state index is 11.1. The van der Waals surface area contributed by atoms with Crippen LogP contribution in [0, 0.1) is 0 Å². The fourth-order valence-corrected chi connectivity index (χ4v) is 0.974. The monoisotopic (exact) mass is 203 g/mol. The molecule has 0 aromatic rings. The van der Waals surface area contributed by atoms with E-state index < -0.39 is 11.8 Å². The average molecular weight is 203 g/mol. The van der Waals surface area contributed by atoms with E-state index in [4.69, 9.17) is 10.9 Å². The minimum atomic E-state index is -0.811. The molecule has 0 aliphatic carbocycles. The molecular formula is C8H17N3O3. The molecule has 0 unspecified atom stereocenters. The van der Waals surface area contributed by atoms with Crippen molar-refractivity contribution in [3.05, 3.63) is 0 Å². The van der Waals surface area contributed by atoms with Crippen LogP contribution in [0.5, 0.6) is 0 Å². The molecule has 0 aromatic carbocycles. The number of aliphatic hydroxyl groups excluding tert-OH is 1. The number of nitrogens with zero attached hydrogens (tertiary/aromatic N) is 1. The predicted molar refractivity (Wildman–Crippen MR) is 50.9 cm³/mol. The number of unbranched alkanes of at least 4 members (excludes halogenated alkanes) is 2. The second-order valence-corrected chi connectivity index (χ2v) is 2.98. The van der Waals surface area contributed by atoms with Crippen LogP contribution in [0.25, 0.3) is 0 Å². The van der Waals surface area contributed by atoms with Crippen molar-refractivity contribution in [3.63, 3.8) is 0 Å². The highest BCUT2D eigenvalue weighted by Gasteiger charge is 2.16. The Labute approximate surface area is 83.0 Å². The van der Waals surface area contributed by atoms with Gasteiger partial charge in [0.1, 0.15) is 0 Å². The SMILES string of the molecule is CN(CCCCCO)C(=O)C(=O)NN. The van der Waals surface area contributed by atoms with Crippen LogP contribution in [0.4, 0.5) is 0 Å². The molecule has 4 N–H and O–H groups in total. The zero-order valence-electron chi connectivity index (χ0n) is 8.32. The normalized spacial score (nSPS) is 9.64. The van der Waals surface area contributed by atoms with Gasteiger partial charge in [-0.1, -0.05) is 0 Å². The summed E-state index contributed by atoms with van der Waals surface area (Å²) >= 11 is 0. The number of amides is 2. The summed E-state index contributed by atoms with van der Waals surface area (Å²) in [5, 5.41) is 8.51. The molecule has 0 spiro atoms. The van der Waals surface area contributed by atoms with Gasteiger partial charge in [0.25, 0.3) is 0 Å². The Balaban J connectivity index is 3.67. The average Bonchev–Trinajstić information content (AvgIpc) is 2.21. The lowest BCUT2D eigenvalue weighted by Crippen LogP contribution is -2.44. The smallest absolute Gasteiger partial charge is 0.323 e. The first-order valence-corrected chi connectivity index (χ1v) is 4.50. The summed E-state index contributed by atoms with van der Waals surface area (Å²) < 4.78 is 0. The van der Waals surface area contributed by atoms with Crippen LogP contribution in [0.1, 0.15) is 19.3 Å². The number of carbonyl (C=O) groups excluding carboxylic acids is 2. The van der Waals surface area contributed by atoms with Gasteiger partial charge < -0.3 is 10.0 Å². The van der Waals surface area contributed by atoms with Gasteiger partial charge in [-0.05, 0) is 19.3 Å². The summed E-state index contributed by atoms with van der Waals surface area (Å²) in [6, 6.07) is 0. The Kier molecular flexibility index (Phi) is 6.69. The van der Waals surface area contributed by atoms with Gasteiger partial charge in [0.05, 0.1) is 0 Å². The van der Waals surface area contributed by atoms with Crippen LogP contribution < -0.4 is 11.3 Å². The molecule has 2 amide bonds. The molecule has 0 aromatic heterocycles. The van der Waals surface area contributed by atoms with E-state index in [1.807, 2.05) is 0 Å². The molecule has 14 heavy (non-hydrogen) atoms. The molecule has 0 fully saturated rings. The van der Waals surface area contributed by atoms with Gasteiger partial charge in [0.15, 0.2) is 0 Å². The van der Waals surface area contributed by atoms with Crippen LogP contribution in [0.2, 0.25) is 0 Å².